The minimum absolute atomic E-state index is 0.213. The van der Waals surface area contributed by atoms with E-state index in [4.69, 9.17) is 0 Å². The van der Waals surface area contributed by atoms with Crippen LogP contribution >= 0.6 is 0 Å². The Morgan fingerprint density at radius 3 is 0.803 bits per heavy atom. The van der Waals surface area contributed by atoms with Crippen LogP contribution in [0.5, 0.6) is 0 Å². The first kappa shape index (κ1) is 43.3. The van der Waals surface area contributed by atoms with Crippen LogP contribution < -0.4 is 0 Å². The van der Waals surface area contributed by atoms with Gasteiger partial charge in [0, 0.05) is 11.1 Å². The summed E-state index contributed by atoms with van der Waals surface area (Å²) < 4.78 is 57.1. The zero-order valence-electron chi connectivity index (χ0n) is 35.6. The molecule has 0 saturated carbocycles. The van der Waals surface area contributed by atoms with Gasteiger partial charge in [0.05, 0.1) is 22.2 Å². The second kappa shape index (κ2) is 19.4. The summed E-state index contributed by atoms with van der Waals surface area (Å²) >= 11 is 0. The van der Waals surface area contributed by atoms with Gasteiger partial charge in [0.25, 0.3) is 20.0 Å². The number of hydrogen-bond acceptors (Lipinski definition) is 6. The summed E-state index contributed by atoms with van der Waals surface area (Å²) in [5.41, 5.74) is 9.31. The van der Waals surface area contributed by atoms with Crippen molar-refractivity contribution in [1.29, 1.82) is 0 Å². The molecule has 10 rings (SSSR count). The van der Waals surface area contributed by atoms with Gasteiger partial charge in [-0.1, -0.05) is 218 Å². The Kier molecular flexibility index (Phi) is 12.8. The van der Waals surface area contributed by atoms with Gasteiger partial charge in [0.2, 0.25) is 0 Å². The van der Waals surface area contributed by atoms with Crippen molar-refractivity contribution in [2.24, 2.45) is 10.2 Å². The molecule has 0 fully saturated rings. The van der Waals surface area contributed by atoms with Gasteiger partial charge in [-0.15, -0.1) is 0 Å². The highest BCUT2D eigenvalue weighted by molar-refractivity contribution is 7.89. The molecule has 2 aliphatic rings. The summed E-state index contributed by atoms with van der Waals surface area (Å²) in [4.78, 5) is 0.426. The van der Waals surface area contributed by atoms with Crippen molar-refractivity contribution >= 4 is 43.6 Å². The molecule has 10 heteroatoms. The predicted octanol–water partition coefficient (Wildman–Crippen LogP) is 11.8. The van der Waals surface area contributed by atoms with Crippen molar-refractivity contribution in [3.05, 3.63) is 287 Å². The highest BCUT2D eigenvalue weighted by Gasteiger charge is 2.40. The molecule has 66 heavy (non-hydrogen) atoms. The van der Waals surface area contributed by atoms with Crippen LogP contribution in [0.4, 0.5) is 0 Å². The molecule has 0 saturated heterocycles. The third-order valence-corrected chi connectivity index (χ3v) is 14.6. The van der Waals surface area contributed by atoms with Gasteiger partial charge in [-0.05, 0) is 68.8 Å². The summed E-state index contributed by atoms with van der Waals surface area (Å²) in [6, 6.07) is 75.1. The van der Waals surface area contributed by atoms with Gasteiger partial charge >= 0.3 is 0 Å². The van der Waals surface area contributed by atoms with Crippen molar-refractivity contribution in [2.75, 3.05) is 0 Å². The van der Waals surface area contributed by atoms with Crippen LogP contribution in [0.15, 0.2) is 274 Å². The van der Waals surface area contributed by atoms with Crippen LogP contribution in [-0.4, -0.2) is 38.1 Å². The zero-order chi connectivity index (χ0) is 45.4. The van der Waals surface area contributed by atoms with Gasteiger partial charge < -0.3 is 0 Å². The van der Waals surface area contributed by atoms with E-state index in [9.17, 15) is 16.8 Å². The van der Waals surface area contributed by atoms with E-state index < -0.39 is 32.1 Å². The minimum Gasteiger partial charge on any atom is -0.200 e. The molecule has 8 aromatic rings. The Morgan fingerprint density at radius 1 is 0.318 bits per heavy atom. The van der Waals surface area contributed by atoms with Crippen LogP contribution in [0.2, 0.25) is 0 Å². The van der Waals surface area contributed by atoms with Gasteiger partial charge in [-0.2, -0.15) is 35.9 Å². The van der Waals surface area contributed by atoms with Crippen LogP contribution in [0.3, 0.4) is 0 Å². The fourth-order valence-electron chi connectivity index (χ4n) is 8.26. The third kappa shape index (κ3) is 8.92. The highest BCUT2D eigenvalue weighted by atomic mass is 32.2. The van der Waals surface area contributed by atoms with E-state index in [1.165, 1.54) is 8.83 Å². The monoisotopic (exact) mass is 900 g/mol. The Bertz CT molecular complexity index is 2940. The van der Waals surface area contributed by atoms with Crippen molar-refractivity contribution in [2.45, 2.75) is 21.9 Å². The first-order chi connectivity index (χ1) is 32.3. The van der Waals surface area contributed by atoms with Crippen molar-refractivity contribution < 1.29 is 16.8 Å². The molecule has 324 valence electrons. The molecular formula is C56H44N4O4S2. The predicted molar refractivity (Wildman–Crippen MR) is 264 cm³/mol. The van der Waals surface area contributed by atoms with Gasteiger partial charge in [-0.3, -0.25) is 0 Å². The first-order valence-electron chi connectivity index (χ1n) is 21.4. The molecule has 0 aliphatic carbocycles. The lowest BCUT2D eigenvalue weighted by atomic mass is 9.88. The van der Waals surface area contributed by atoms with Crippen LogP contribution in [0.1, 0.15) is 45.5 Å². The fourth-order valence-corrected chi connectivity index (χ4v) is 11.1. The lowest BCUT2D eigenvalue weighted by molar-refractivity contribution is 0.397. The van der Waals surface area contributed by atoms with Gasteiger partial charge in [-0.25, -0.2) is 0 Å². The standard InChI is InChI=1S/2C28H22N2O2S/c2*31-33(32,25-19-11-4-12-20-25)30-28(24-17-9-3-10-18-24)26(21-29-30)27(22-13-5-1-6-14-22)23-15-7-2-8-16-23/h2*1-21,28H/t2*28-/m10/s1. The van der Waals surface area contributed by atoms with Crippen LogP contribution in [-0.2, 0) is 20.0 Å². The Hall–Kier alpha value is -7.92. The lowest BCUT2D eigenvalue weighted by Crippen LogP contribution is -2.28. The van der Waals surface area contributed by atoms with Crippen molar-refractivity contribution in [1.82, 2.24) is 8.83 Å². The molecular weight excluding hydrogens is 857 g/mol. The summed E-state index contributed by atoms with van der Waals surface area (Å²) in [6.45, 7) is 0. The number of benzene rings is 8. The molecule has 0 aromatic heterocycles. The summed E-state index contributed by atoms with van der Waals surface area (Å²) in [5, 5.41) is 8.91. The molecule has 0 radical (unpaired) electrons. The van der Waals surface area contributed by atoms with Gasteiger partial charge in [0.15, 0.2) is 0 Å². The Morgan fingerprint density at radius 2 is 0.545 bits per heavy atom. The largest absolute Gasteiger partial charge is 0.279 e. The molecule has 0 amide bonds. The average molecular weight is 901 g/mol. The van der Waals surface area contributed by atoms with E-state index in [2.05, 4.69) is 10.2 Å². The fraction of sp³-hybridized carbons (Fsp3) is 0.0357. The van der Waals surface area contributed by atoms with Crippen molar-refractivity contribution in [3.8, 4) is 0 Å². The quantitative estimate of drug-likeness (QED) is 0.136. The SMILES string of the molecule is O=S(=O)(c1ccccc1)N1N=CC(=C(c2ccccc2)c2ccccc2)[C@@H]1c1ccccc1.O=S(=O)(c1ccccc1)N1N=CC(=C(c2ccccc2)c2ccccc2)[C@H]1c1ccccc1. The highest BCUT2D eigenvalue weighted by Crippen LogP contribution is 2.44. The summed E-state index contributed by atoms with van der Waals surface area (Å²) in [6.07, 6.45) is 3.38. The average Bonchev–Trinajstić information content (AvgIpc) is 4.04. The van der Waals surface area contributed by atoms with Gasteiger partial charge in [0.1, 0.15) is 12.1 Å². The lowest BCUT2D eigenvalue weighted by Gasteiger charge is -2.26. The molecule has 2 aliphatic heterocycles. The number of hydrazone groups is 2. The molecule has 2 atom stereocenters. The van der Waals surface area contributed by atoms with E-state index in [1.807, 2.05) is 182 Å². The number of nitrogens with zero attached hydrogens (tertiary/aromatic N) is 4. The van der Waals surface area contributed by atoms with Crippen LogP contribution in [0, 0.1) is 0 Å². The number of hydrogen-bond donors (Lipinski definition) is 0. The van der Waals surface area contributed by atoms with Crippen molar-refractivity contribution in [3.63, 3.8) is 0 Å². The molecule has 8 aromatic carbocycles. The second-order valence-electron chi connectivity index (χ2n) is 15.4. The molecule has 0 N–H and O–H groups in total. The molecule has 8 nitrogen and oxygen atoms in total. The summed E-state index contributed by atoms with van der Waals surface area (Å²) in [5.74, 6) is 0. The minimum atomic E-state index is -3.87. The second-order valence-corrected chi connectivity index (χ2v) is 19.0. The maximum atomic E-state index is 13.6. The maximum Gasteiger partial charge on any atom is 0.279 e. The molecule has 0 unspecified atom stereocenters. The van der Waals surface area contributed by atoms with E-state index in [0.717, 1.165) is 55.7 Å². The van der Waals surface area contributed by atoms with E-state index in [0.29, 0.717) is 0 Å². The van der Waals surface area contributed by atoms with E-state index >= 15 is 0 Å². The molecule has 0 bridgehead atoms. The van der Waals surface area contributed by atoms with Crippen LogP contribution in [0.25, 0.3) is 11.1 Å². The topological polar surface area (TPSA) is 99.5 Å². The van der Waals surface area contributed by atoms with E-state index in [1.54, 1.807) is 73.1 Å². The third-order valence-electron chi connectivity index (χ3n) is 11.3. The summed E-state index contributed by atoms with van der Waals surface area (Å²) in [7, 11) is -7.73. The Labute approximate surface area is 386 Å². The normalized spacial score (nSPS) is 15.6. The molecule has 2 heterocycles. The van der Waals surface area contributed by atoms with E-state index in [-0.39, 0.29) is 9.79 Å². The number of sulfonamides is 2. The maximum absolute atomic E-state index is 13.6. The first-order valence-corrected chi connectivity index (χ1v) is 24.3. The molecule has 0 spiro atoms. The Balaban J connectivity index is 0.000000166. The zero-order valence-corrected chi connectivity index (χ0v) is 37.3. The number of rotatable bonds is 10. The smallest absolute Gasteiger partial charge is 0.200 e.